The molecule has 2 heterocycles. The van der Waals surface area contributed by atoms with Crippen LogP contribution in [0, 0.1) is 0 Å². The van der Waals surface area contributed by atoms with Crippen LogP contribution < -0.4 is 10.1 Å². The van der Waals surface area contributed by atoms with Gasteiger partial charge < -0.3 is 10.1 Å². The molecule has 3 rings (SSSR count). The number of nitrogens with zero attached hydrogens (tertiary/aromatic N) is 3. The highest BCUT2D eigenvalue weighted by molar-refractivity contribution is 5.39. The average molecular weight is 286 g/mol. The van der Waals surface area contributed by atoms with E-state index >= 15 is 0 Å². The Hall–Kier alpha value is -1.88. The molecule has 1 aliphatic rings. The minimum absolute atomic E-state index is 0.462. The Morgan fingerprint density at radius 3 is 3.14 bits per heavy atom. The van der Waals surface area contributed by atoms with Gasteiger partial charge in [-0.1, -0.05) is 31.2 Å². The van der Waals surface area contributed by atoms with Crippen LogP contribution in [0.25, 0.3) is 0 Å². The summed E-state index contributed by atoms with van der Waals surface area (Å²) >= 11 is 0. The van der Waals surface area contributed by atoms with Crippen molar-refractivity contribution >= 4 is 0 Å². The van der Waals surface area contributed by atoms with E-state index in [1.807, 2.05) is 10.9 Å². The molecule has 0 radical (unpaired) electrons. The Morgan fingerprint density at radius 2 is 2.29 bits per heavy atom. The highest BCUT2D eigenvalue weighted by atomic mass is 16.5. The molecule has 1 aromatic carbocycles. The van der Waals surface area contributed by atoms with Gasteiger partial charge in [0.1, 0.15) is 5.75 Å². The molecule has 0 fully saturated rings. The Morgan fingerprint density at radius 1 is 1.38 bits per heavy atom. The summed E-state index contributed by atoms with van der Waals surface area (Å²) in [5, 5.41) is 11.7. The van der Waals surface area contributed by atoms with Gasteiger partial charge in [-0.15, -0.1) is 5.10 Å². The van der Waals surface area contributed by atoms with Gasteiger partial charge in [0.25, 0.3) is 0 Å². The van der Waals surface area contributed by atoms with Crippen molar-refractivity contribution in [2.24, 2.45) is 0 Å². The molecule has 1 aromatic heterocycles. The smallest absolute Gasteiger partial charge is 0.122 e. The molecule has 1 aliphatic heterocycles. The number of aromatic nitrogens is 3. The van der Waals surface area contributed by atoms with Gasteiger partial charge in [-0.25, -0.2) is 0 Å². The molecule has 0 unspecified atom stereocenters. The topological polar surface area (TPSA) is 52.0 Å². The number of hydrogen-bond acceptors (Lipinski definition) is 4. The Kier molecular flexibility index (Phi) is 4.20. The highest BCUT2D eigenvalue weighted by Crippen LogP contribution is 2.26. The predicted molar refractivity (Wildman–Crippen MR) is 81.3 cm³/mol. The van der Waals surface area contributed by atoms with Crippen LogP contribution in [0.2, 0.25) is 0 Å². The number of nitrogens with one attached hydrogen (secondary N) is 1. The second-order valence-electron chi connectivity index (χ2n) is 5.80. The highest BCUT2D eigenvalue weighted by Gasteiger charge is 2.12. The van der Waals surface area contributed by atoms with Crippen molar-refractivity contribution in [3.05, 3.63) is 41.2 Å². The van der Waals surface area contributed by atoms with E-state index < -0.39 is 0 Å². The molecule has 0 atom stereocenters. The number of aryl methyl sites for hydroxylation is 2. The van der Waals surface area contributed by atoms with Crippen molar-refractivity contribution in [2.45, 2.75) is 45.8 Å². The quantitative estimate of drug-likeness (QED) is 0.882. The monoisotopic (exact) mass is 286 g/mol. The van der Waals surface area contributed by atoms with Crippen molar-refractivity contribution in [3.63, 3.8) is 0 Å². The third kappa shape index (κ3) is 3.61. The van der Waals surface area contributed by atoms with Gasteiger partial charge in [0.2, 0.25) is 0 Å². The molecule has 0 amide bonds. The van der Waals surface area contributed by atoms with E-state index in [1.165, 1.54) is 11.1 Å². The summed E-state index contributed by atoms with van der Waals surface area (Å²) < 4.78 is 7.45. The molecule has 0 saturated heterocycles. The number of rotatable bonds is 6. The maximum atomic E-state index is 5.53. The third-order valence-corrected chi connectivity index (χ3v) is 3.66. The summed E-state index contributed by atoms with van der Waals surface area (Å²) in [6, 6.07) is 6.93. The van der Waals surface area contributed by atoms with Gasteiger partial charge >= 0.3 is 0 Å². The molecule has 1 N–H and O–H groups in total. The van der Waals surface area contributed by atoms with E-state index in [2.05, 4.69) is 47.7 Å². The molecular formula is C16H22N4O. The first-order valence-corrected chi connectivity index (χ1v) is 7.58. The minimum Gasteiger partial charge on any atom is -0.493 e. The van der Waals surface area contributed by atoms with E-state index in [0.717, 1.165) is 44.0 Å². The van der Waals surface area contributed by atoms with E-state index in [-0.39, 0.29) is 0 Å². The van der Waals surface area contributed by atoms with Gasteiger partial charge in [-0.05, 0) is 23.6 Å². The number of ether oxygens (including phenoxy) is 1. The van der Waals surface area contributed by atoms with E-state index in [0.29, 0.717) is 6.04 Å². The summed E-state index contributed by atoms with van der Waals surface area (Å²) in [6.07, 6.45) is 4.01. The molecular weight excluding hydrogens is 264 g/mol. The van der Waals surface area contributed by atoms with E-state index in [1.54, 1.807) is 0 Å². The first-order chi connectivity index (χ1) is 10.2. The molecule has 2 aromatic rings. The summed E-state index contributed by atoms with van der Waals surface area (Å²) in [5.74, 6) is 1.04. The zero-order chi connectivity index (χ0) is 14.7. The molecule has 0 saturated carbocycles. The van der Waals surface area contributed by atoms with Gasteiger partial charge in [-0.3, -0.25) is 4.68 Å². The summed E-state index contributed by atoms with van der Waals surface area (Å²) in [7, 11) is 0. The van der Waals surface area contributed by atoms with Crippen molar-refractivity contribution in [3.8, 4) is 5.75 Å². The van der Waals surface area contributed by atoms with Gasteiger partial charge in [0, 0.05) is 31.7 Å². The first-order valence-electron chi connectivity index (χ1n) is 7.58. The zero-order valence-electron chi connectivity index (χ0n) is 12.7. The summed E-state index contributed by atoms with van der Waals surface area (Å²) in [6.45, 7) is 6.69. The van der Waals surface area contributed by atoms with Crippen molar-refractivity contribution in [1.82, 2.24) is 20.3 Å². The van der Waals surface area contributed by atoms with Gasteiger partial charge in [-0.2, -0.15) is 0 Å². The number of benzene rings is 1. The van der Waals surface area contributed by atoms with Gasteiger partial charge in [0.15, 0.2) is 0 Å². The Labute approximate surface area is 125 Å². The normalized spacial score (nSPS) is 13.5. The van der Waals surface area contributed by atoms with Gasteiger partial charge in [0.05, 0.1) is 12.3 Å². The van der Waals surface area contributed by atoms with Crippen LogP contribution in [0.4, 0.5) is 0 Å². The fourth-order valence-corrected chi connectivity index (χ4v) is 2.48. The lowest BCUT2D eigenvalue weighted by Crippen LogP contribution is -2.21. The summed E-state index contributed by atoms with van der Waals surface area (Å²) in [5.41, 5.74) is 3.65. The van der Waals surface area contributed by atoms with Crippen LogP contribution in [0.1, 0.15) is 30.7 Å². The summed E-state index contributed by atoms with van der Waals surface area (Å²) in [4.78, 5) is 0. The average Bonchev–Trinajstić information content (AvgIpc) is 3.11. The molecule has 5 nitrogen and oxygen atoms in total. The Balaban J connectivity index is 1.55. The van der Waals surface area contributed by atoms with E-state index in [9.17, 15) is 0 Å². The number of hydrogen-bond donors (Lipinski definition) is 1. The largest absolute Gasteiger partial charge is 0.493 e. The predicted octanol–water partition coefficient (Wildman–Crippen LogP) is 1.95. The second kappa shape index (κ2) is 6.26. The molecule has 0 aliphatic carbocycles. The lowest BCUT2D eigenvalue weighted by Gasteiger charge is -2.05. The number of fused-ring (bicyclic) bond motifs is 1. The van der Waals surface area contributed by atoms with Crippen molar-refractivity contribution in [2.75, 3.05) is 6.61 Å². The van der Waals surface area contributed by atoms with Crippen molar-refractivity contribution < 1.29 is 4.74 Å². The molecule has 21 heavy (non-hydrogen) atoms. The van der Waals surface area contributed by atoms with Crippen LogP contribution >= 0.6 is 0 Å². The third-order valence-electron chi connectivity index (χ3n) is 3.66. The fourth-order valence-electron chi connectivity index (χ4n) is 2.48. The van der Waals surface area contributed by atoms with Crippen LogP contribution in [-0.4, -0.2) is 27.6 Å². The molecule has 0 spiro atoms. The molecule has 0 bridgehead atoms. The SMILES string of the molecule is CC(C)NCc1cn(CCc2ccc3c(c2)CCO3)nn1. The fraction of sp³-hybridized carbons (Fsp3) is 0.500. The minimum atomic E-state index is 0.462. The molecule has 112 valence electrons. The van der Waals surface area contributed by atoms with Crippen LogP contribution in [0.5, 0.6) is 5.75 Å². The Bertz CT molecular complexity index is 606. The standard InChI is InChI=1S/C16H22N4O/c1-12(2)17-10-15-11-20(19-18-15)7-5-13-3-4-16-14(9-13)6-8-21-16/h3-4,9,11-12,17H,5-8,10H2,1-2H3. The van der Waals surface area contributed by atoms with Crippen LogP contribution in [0.15, 0.2) is 24.4 Å². The van der Waals surface area contributed by atoms with Crippen LogP contribution in [-0.2, 0) is 25.9 Å². The zero-order valence-corrected chi connectivity index (χ0v) is 12.7. The lowest BCUT2D eigenvalue weighted by atomic mass is 10.1. The van der Waals surface area contributed by atoms with Crippen LogP contribution in [0.3, 0.4) is 0 Å². The molecule has 5 heteroatoms. The maximum absolute atomic E-state index is 5.53. The second-order valence-corrected chi connectivity index (χ2v) is 5.80. The van der Waals surface area contributed by atoms with Crippen molar-refractivity contribution in [1.29, 1.82) is 0 Å². The van der Waals surface area contributed by atoms with E-state index in [4.69, 9.17) is 4.74 Å². The first kappa shape index (κ1) is 14.1. The lowest BCUT2D eigenvalue weighted by molar-refractivity contribution is 0.357. The maximum Gasteiger partial charge on any atom is 0.122 e.